The van der Waals surface area contributed by atoms with Crippen molar-refractivity contribution >= 4 is 5.97 Å². The molecule has 0 rings (SSSR count). The summed E-state index contributed by atoms with van der Waals surface area (Å²) in [6.07, 6.45) is 17.5. The zero-order valence-corrected chi connectivity index (χ0v) is 16.5. The number of carbonyl (C=O) groups is 1. The van der Waals surface area contributed by atoms with Crippen molar-refractivity contribution in [2.24, 2.45) is 5.92 Å². The Balaban J connectivity index is 3.06. The maximum Gasteiger partial charge on any atom is 0.334 e. The molecule has 0 heterocycles. The van der Waals surface area contributed by atoms with E-state index in [1.807, 2.05) is 0 Å². The molecule has 0 aromatic heterocycles. The van der Waals surface area contributed by atoms with Crippen LogP contribution in [0.1, 0.15) is 111 Å². The molecule has 24 heavy (non-hydrogen) atoms. The van der Waals surface area contributed by atoms with E-state index in [0.29, 0.717) is 6.61 Å². The number of esters is 1. The molecule has 0 amide bonds. The molecule has 0 aromatic carbocycles. The van der Waals surface area contributed by atoms with E-state index in [2.05, 4.69) is 13.8 Å². The fraction of sp³-hybridized carbons (Fsp3) is 0.952. The summed E-state index contributed by atoms with van der Waals surface area (Å²) in [5, 5.41) is 8.98. The van der Waals surface area contributed by atoms with Crippen molar-refractivity contribution in [1.82, 2.24) is 0 Å². The maximum atomic E-state index is 11.0. The first kappa shape index (κ1) is 23.4. The first-order chi connectivity index (χ1) is 11.5. The van der Waals surface area contributed by atoms with Crippen LogP contribution in [-0.4, -0.2) is 23.8 Å². The predicted molar refractivity (Wildman–Crippen MR) is 102 cm³/mol. The lowest BCUT2D eigenvalue weighted by atomic mass is 10.0. The third-order valence-electron chi connectivity index (χ3n) is 4.51. The molecule has 0 aliphatic rings. The third-order valence-corrected chi connectivity index (χ3v) is 4.51. The van der Waals surface area contributed by atoms with Crippen molar-refractivity contribution in [2.75, 3.05) is 6.61 Å². The van der Waals surface area contributed by atoms with Gasteiger partial charge in [0.15, 0.2) is 0 Å². The van der Waals surface area contributed by atoms with Crippen LogP contribution in [0.25, 0.3) is 0 Å². The number of hydrogen-bond donors (Lipinski definition) is 1. The van der Waals surface area contributed by atoms with Gasteiger partial charge in [0.25, 0.3) is 0 Å². The van der Waals surface area contributed by atoms with E-state index >= 15 is 0 Å². The number of hydrogen-bond acceptors (Lipinski definition) is 3. The molecule has 0 saturated carbocycles. The Kier molecular flexibility index (Phi) is 16.8. The van der Waals surface area contributed by atoms with Gasteiger partial charge < -0.3 is 9.84 Å². The van der Waals surface area contributed by atoms with Gasteiger partial charge >= 0.3 is 5.97 Å². The van der Waals surface area contributed by atoms with Crippen molar-refractivity contribution in [2.45, 2.75) is 117 Å². The second kappa shape index (κ2) is 17.3. The normalized spacial score (nSPS) is 12.5. The van der Waals surface area contributed by atoms with Gasteiger partial charge in [0.1, 0.15) is 6.10 Å². The highest BCUT2D eigenvalue weighted by Gasteiger charge is 2.08. The number of unbranched alkanes of at least 4 members (excludes halogenated alkanes) is 12. The van der Waals surface area contributed by atoms with Crippen LogP contribution in [0, 0.1) is 5.92 Å². The summed E-state index contributed by atoms with van der Waals surface area (Å²) >= 11 is 0. The number of carbonyl (C=O) groups excluding carboxylic acids is 1. The highest BCUT2D eigenvalue weighted by Crippen LogP contribution is 2.14. The fourth-order valence-corrected chi connectivity index (χ4v) is 2.89. The van der Waals surface area contributed by atoms with Crippen LogP contribution in [0.5, 0.6) is 0 Å². The summed E-state index contributed by atoms with van der Waals surface area (Å²) in [5.41, 5.74) is 0. The fourth-order valence-electron chi connectivity index (χ4n) is 2.89. The van der Waals surface area contributed by atoms with E-state index in [-0.39, 0.29) is 0 Å². The van der Waals surface area contributed by atoms with Crippen LogP contribution in [0.4, 0.5) is 0 Å². The smallest absolute Gasteiger partial charge is 0.334 e. The Morgan fingerprint density at radius 2 is 1.08 bits per heavy atom. The molecule has 3 nitrogen and oxygen atoms in total. The zero-order chi connectivity index (χ0) is 18.0. The highest BCUT2D eigenvalue weighted by atomic mass is 16.5. The first-order valence-electron chi connectivity index (χ1n) is 10.4. The molecule has 0 spiro atoms. The first-order valence-corrected chi connectivity index (χ1v) is 10.4. The Hall–Kier alpha value is -0.570. The van der Waals surface area contributed by atoms with Crippen molar-refractivity contribution in [3.63, 3.8) is 0 Å². The van der Waals surface area contributed by atoms with E-state index in [4.69, 9.17) is 9.84 Å². The molecular formula is C21H42O3. The van der Waals surface area contributed by atoms with Gasteiger partial charge in [0, 0.05) is 0 Å². The van der Waals surface area contributed by atoms with Crippen LogP contribution in [-0.2, 0) is 9.53 Å². The summed E-state index contributed by atoms with van der Waals surface area (Å²) in [7, 11) is 0. The van der Waals surface area contributed by atoms with Gasteiger partial charge in [-0.25, -0.2) is 4.79 Å². The van der Waals surface area contributed by atoms with Gasteiger partial charge in [-0.3, -0.25) is 0 Å². The molecule has 3 heteroatoms. The lowest BCUT2D eigenvalue weighted by Crippen LogP contribution is -2.19. The lowest BCUT2D eigenvalue weighted by Gasteiger charge is -2.06. The molecule has 144 valence electrons. The molecular weight excluding hydrogens is 300 g/mol. The lowest BCUT2D eigenvalue weighted by molar-refractivity contribution is -0.152. The van der Waals surface area contributed by atoms with Gasteiger partial charge in [-0.2, -0.15) is 0 Å². The minimum absolute atomic E-state index is 0.445. The van der Waals surface area contributed by atoms with E-state index in [0.717, 1.165) is 18.8 Å². The Bertz CT molecular complexity index is 274. The molecule has 0 bridgehead atoms. The Morgan fingerprint density at radius 3 is 1.46 bits per heavy atom. The van der Waals surface area contributed by atoms with Crippen molar-refractivity contribution in [3.05, 3.63) is 0 Å². The van der Waals surface area contributed by atoms with Crippen LogP contribution in [0.3, 0.4) is 0 Å². The van der Waals surface area contributed by atoms with Crippen LogP contribution < -0.4 is 0 Å². The molecule has 0 aliphatic heterocycles. The van der Waals surface area contributed by atoms with E-state index in [9.17, 15) is 4.79 Å². The molecule has 0 fully saturated rings. The monoisotopic (exact) mass is 342 g/mol. The van der Waals surface area contributed by atoms with Crippen LogP contribution in [0.2, 0.25) is 0 Å². The summed E-state index contributed by atoms with van der Waals surface area (Å²) in [4.78, 5) is 11.0. The summed E-state index contributed by atoms with van der Waals surface area (Å²) in [5.74, 6) is 0.360. The topological polar surface area (TPSA) is 46.5 Å². The van der Waals surface area contributed by atoms with Crippen LogP contribution in [0.15, 0.2) is 0 Å². The largest absolute Gasteiger partial charge is 0.464 e. The SMILES string of the molecule is CC(C)CCCCCCCCCCCCCCCOC(=O)C(C)O. The average Bonchev–Trinajstić information content (AvgIpc) is 2.53. The third kappa shape index (κ3) is 17.8. The van der Waals surface area contributed by atoms with E-state index in [1.54, 1.807) is 0 Å². The standard InChI is InChI=1S/C21H42O3/c1-19(2)17-15-13-11-9-7-5-4-6-8-10-12-14-16-18-24-21(23)20(3)22/h19-20,22H,4-18H2,1-3H3. The molecule has 0 aromatic rings. The molecule has 1 N–H and O–H groups in total. The molecule has 1 unspecified atom stereocenters. The average molecular weight is 343 g/mol. The molecule has 0 aliphatic carbocycles. The number of aliphatic hydroxyl groups is 1. The van der Waals surface area contributed by atoms with Gasteiger partial charge in [-0.15, -0.1) is 0 Å². The second-order valence-corrected chi connectivity index (χ2v) is 7.62. The van der Waals surface area contributed by atoms with Gasteiger partial charge in [-0.05, 0) is 19.3 Å². The van der Waals surface area contributed by atoms with Crippen LogP contribution >= 0.6 is 0 Å². The number of ether oxygens (including phenoxy) is 1. The minimum Gasteiger partial charge on any atom is -0.464 e. The maximum absolute atomic E-state index is 11.0. The number of rotatable bonds is 17. The summed E-state index contributed by atoms with van der Waals surface area (Å²) in [6, 6.07) is 0. The molecule has 0 saturated heterocycles. The molecule has 1 atom stereocenters. The molecule has 0 radical (unpaired) electrons. The highest BCUT2D eigenvalue weighted by molar-refractivity contribution is 5.73. The van der Waals surface area contributed by atoms with Gasteiger partial charge in [0.2, 0.25) is 0 Å². The van der Waals surface area contributed by atoms with Crippen molar-refractivity contribution in [1.29, 1.82) is 0 Å². The number of aliphatic hydroxyl groups excluding tert-OH is 1. The van der Waals surface area contributed by atoms with E-state index < -0.39 is 12.1 Å². The van der Waals surface area contributed by atoms with Crippen molar-refractivity contribution < 1.29 is 14.6 Å². The van der Waals surface area contributed by atoms with Gasteiger partial charge in [-0.1, -0.05) is 97.3 Å². The Labute approximate surface area is 150 Å². The van der Waals surface area contributed by atoms with E-state index in [1.165, 1.54) is 84.0 Å². The summed E-state index contributed by atoms with van der Waals surface area (Å²) < 4.78 is 4.93. The zero-order valence-electron chi connectivity index (χ0n) is 16.5. The Morgan fingerprint density at radius 1 is 0.708 bits per heavy atom. The quantitative estimate of drug-likeness (QED) is 0.259. The van der Waals surface area contributed by atoms with Crippen molar-refractivity contribution in [3.8, 4) is 0 Å². The van der Waals surface area contributed by atoms with Gasteiger partial charge in [0.05, 0.1) is 6.61 Å². The second-order valence-electron chi connectivity index (χ2n) is 7.62. The predicted octanol–water partition coefficient (Wildman–Crippen LogP) is 6.03. The minimum atomic E-state index is -0.995. The summed E-state index contributed by atoms with van der Waals surface area (Å²) in [6.45, 7) is 6.51.